The second-order valence-electron chi connectivity index (χ2n) is 4.57. The smallest absolute Gasteiger partial charge is 0.273 e. The zero-order chi connectivity index (χ0) is 15.2. The summed E-state index contributed by atoms with van der Waals surface area (Å²) in [4.78, 5) is 21.5. The molecular formula is C12H20N4O3S. The number of rotatable bonds is 7. The van der Waals surface area contributed by atoms with Crippen molar-refractivity contribution in [2.75, 3.05) is 37.5 Å². The van der Waals surface area contributed by atoms with Crippen LogP contribution in [0.2, 0.25) is 0 Å². The van der Waals surface area contributed by atoms with Gasteiger partial charge in [0.1, 0.15) is 21.3 Å². The molecule has 7 nitrogen and oxygen atoms in total. The van der Waals surface area contributed by atoms with E-state index in [1.807, 2.05) is 6.92 Å². The standard InChI is InChI=1S/C12H20N4O3S/c1-4-5-14-11-9-13-8-10(15-11)12(17)16(2)6-7-20(3,18)19/h8-9H,4-7H2,1-3H3,(H,14,15). The minimum atomic E-state index is -3.10. The number of nitrogens with zero attached hydrogens (tertiary/aromatic N) is 3. The molecule has 0 aliphatic carbocycles. The number of carbonyl (C=O) groups excluding carboxylic acids is 1. The minimum absolute atomic E-state index is 0.0730. The Morgan fingerprint density at radius 2 is 2.10 bits per heavy atom. The van der Waals surface area contributed by atoms with Crippen LogP contribution in [-0.2, 0) is 9.84 Å². The molecule has 1 aromatic rings. The largest absolute Gasteiger partial charge is 0.369 e. The van der Waals surface area contributed by atoms with E-state index >= 15 is 0 Å². The van der Waals surface area contributed by atoms with Gasteiger partial charge in [-0.1, -0.05) is 6.92 Å². The van der Waals surface area contributed by atoms with E-state index in [1.54, 1.807) is 13.2 Å². The highest BCUT2D eigenvalue weighted by Gasteiger charge is 2.15. The molecule has 0 bridgehead atoms. The number of amides is 1. The first-order valence-corrected chi connectivity index (χ1v) is 8.38. The highest BCUT2D eigenvalue weighted by Crippen LogP contribution is 2.05. The van der Waals surface area contributed by atoms with Crippen molar-refractivity contribution in [2.24, 2.45) is 0 Å². The van der Waals surface area contributed by atoms with E-state index in [9.17, 15) is 13.2 Å². The fourth-order valence-electron chi connectivity index (χ4n) is 1.41. The quantitative estimate of drug-likeness (QED) is 0.784. The summed E-state index contributed by atoms with van der Waals surface area (Å²) in [6, 6.07) is 0. The van der Waals surface area contributed by atoms with Gasteiger partial charge in [-0.25, -0.2) is 13.4 Å². The monoisotopic (exact) mass is 300 g/mol. The Balaban J connectivity index is 2.71. The van der Waals surface area contributed by atoms with E-state index in [0.29, 0.717) is 5.82 Å². The fraction of sp³-hybridized carbons (Fsp3) is 0.583. The fourth-order valence-corrected chi connectivity index (χ4v) is 2.01. The Labute approximate surface area is 119 Å². The van der Waals surface area contributed by atoms with Crippen LogP contribution in [-0.4, -0.2) is 61.3 Å². The van der Waals surface area contributed by atoms with Crippen LogP contribution in [0.3, 0.4) is 0 Å². The van der Waals surface area contributed by atoms with Crippen LogP contribution in [0, 0.1) is 0 Å². The van der Waals surface area contributed by atoms with E-state index in [2.05, 4.69) is 15.3 Å². The van der Waals surface area contributed by atoms with Gasteiger partial charge in [0.05, 0.1) is 18.1 Å². The lowest BCUT2D eigenvalue weighted by molar-refractivity contribution is 0.0797. The molecule has 0 saturated carbocycles. The molecule has 0 radical (unpaired) electrons. The van der Waals surface area contributed by atoms with Crippen LogP contribution in [0.25, 0.3) is 0 Å². The first-order valence-electron chi connectivity index (χ1n) is 6.32. The summed E-state index contributed by atoms with van der Waals surface area (Å²) in [6.45, 7) is 2.90. The molecule has 112 valence electrons. The van der Waals surface area contributed by atoms with Crippen molar-refractivity contribution in [3.8, 4) is 0 Å². The summed E-state index contributed by atoms with van der Waals surface area (Å²) in [5.41, 5.74) is 0.196. The maximum absolute atomic E-state index is 12.1. The van der Waals surface area contributed by atoms with Gasteiger partial charge in [0.25, 0.3) is 5.91 Å². The van der Waals surface area contributed by atoms with Crippen molar-refractivity contribution in [1.82, 2.24) is 14.9 Å². The Morgan fingerprint density at radius 3 is 2.70 bits per heavy atom. The van der Waals surface area contributed by atoms with Gasteiger partial charge in [0.2, 0.25) is 0 Å². The maximum atomic E-state index is 12.1. The third-order valence-electron chi connectivity index (χ3n) is 2.55. The number of hydrogen-bond donors (Lipinski definition) is 1. The predicted octanol–water partition coefficient (Wildman–Crippen LogP) is 0.415. The zero-order valence-electron chi connectivity index (χ0n) is 12.0. The zero-order valence-corrected chi connectivity index (χ0v) is 12.8. The molecule has 0 spiro atoms. The van der Waals surface area contributed by atoms with E-state index < -0.39 is 9.84 Å². The molecule has 8 heteroatoms. The highest BCUT2D eigenvalue weighted by atomic mass is 32.2. The molecule has 0 aromatic carbocycles. The number of carbonyl (C=O) groups is 1. The number of sulfone groups is 1. The van der Waals surface area contributed by atoms with Crippen molar-refractivity contribution < 1.29 is 13.2 Å². The summed E-state index contributed by atoms with van der Waals surface area (Å²) >= 11 is 0. The van der Waals surface area contributed by atoms with Crippen LogP contribution in [0.5, 0.6) is 0 Å². The predicted molar refractivity (Wildman–Crippen MR) is 77.5 cm³/mol. The molecule has 0 aliphatic heterocycles. The van der Waals surface area contributed by atoms with Crippen molar-refractivity contribution in [1.29, 1.82) is 0 Å². The Morgan fingerprint density at radius 1 is 1.40 bits per heavy atom. The molecule has 0 unspecified atom stereocenters. The van der Waals surface area contributed by atoms with Crippen LogP contribution in [0.4, 0.5) is 5.82 Å². The van der Waals surface area contributed by atoms with E-state index in [1.165, 1.54) is 11.1 Å². The molecule has 20 heavy (non-hydrogen) atoms. The van der Waals surface area contributed by atoms with Crippen molar-refractivity contribution in [3.05, 3.63) is 18.1 Å². The van der Waals surface area contributed by atoms with Gasteiger partial charge >= 0.3 is 0 Å². The molecule has 0 atom stereocenters. The van der Waals surface area contributed by atoms with Gasteiger partial charge in [-0.15, -0.1) is 0 Å². The molecule has 1 amide bonds. The van der Waals surface area contributed by atoms with Crippen molar-refractivity contribution >= 4 is 21.6 Å². The molecule has 1 aromatic heterocycles. The lowest BCUT2D eigenvalue weighted by atomic mass is 10.4. The molecule has 1 N–H and O–H groups in total. The first-order chi connectivity index (χ1) is 9.33. The van der Waals surface area contributed by atoms with Gasteiger partial charge < -0.3 is 10.2 Å². The molecule has 1 heterocycles. The van der Waals surface area contributed by atoms with E-state index in [4.69, 9.17) is 0 Å². The highest BCUT2D eigenvalue weighted by molar-refractivity contribution is 7.90. The van der Waals surface area contributed by atoms with Gasteiger partial charge in [0, 0.05) is 26.4 Å². The SMILES string of the molecule is CCCNc1cncc(C(=O)N(C)CCS(C)(=O)=O)n1. The normalized spacial score (nSPS) is 11.2. The second kappa shape index (κ2) is 7.18. The summed E-state index contributed by atoms with van der Waals surface area (Å²) in [7, 11) is -1.55. The number of anilines is 1. The third-order valence-corrected chi connectivity index (χ3v) is 3.48. The van der Waals surface area contributed by atoms with Crippen LogP contribution < -0.4 is 5.32 Å². The van der Waals surface area contributed by atoms with Crippen molar-refractivity contribution in [2.45, 2.75) is 13.3 Å². The average molecular weight is 300 g/mol. The number of aromatic nitrogens is 2. The van der Waals surface area contributed by atoms with Gasteiger partial charge in [-0.05, 0) is 6.42 Å². The lowest BCUT2D eigenvalue weighted by Crippen LogP contribution is -2.32. The third kappa shape index (κ3) is 5.52. The summed E-state index contributed by atoms with van der Waals surface area (Å²) in [5.74, 6) is 0.117. The molecule has 0 saturated heterocycles. The van der Waals surface area contributed by atoms with Crippen LogP contribution in [0.1, 0.15) is 23.8 Å². The van der Waals surface area contributed by atoms with Crippen LogP contribution in [0.15, 0.2) is 12.4 Å². The maximum Gasteiger partial charge on any atom is 0.273 e. The topological polar surface area (TPSA) is 92.3 Å². The summed E-state index contributed by atoms with van der Waals surface area (Å²) in [5, 5.41) is 3.04. The lowest BCUT2D eigenvalue weighted by Gasteiger charge is -2.16. The second-order valence-corrected chi connectivity index (χ2v) is 6.83. The summed E-state index contributed by atoms with van der Waals surface area (Å²) < 4.78 is 22.2. The Bertz CT molecular complexity index is 560. The van der Waals surface area contributed by atoms with Gasteiger partial charge in [0.15, 0.2) is 0 Å². The van der Waals surface area contributed by atoms with Crippen LogP contribution >= 0.6 is 0 Å². The number of hydrogen-bond acceptors (Lipinski definition) is 6. The van der Waals surface area contributed by atoms with Crippen molar-refractivity contribution in [3.63, 3.8) is 0 Å². The van der Waals surface area contributed by atoms with Gasteiger partial charge in [-0.3, -0.25) is 9.78 Å². The molecular weight excluding hydrogens is 280 g/mol. The average Bonchev–Trinajstić information content (AvgIpc) is 2.41. The Kier molecular flexibility index (Phi) is 5.87. The van der Waals surface area contributed by atoms with E-state index in [-0.39, 0.29) is 23.9 Å². The molecule has 0 fully saturated rings. The van der Waals surface area contributed by atoms with E-state index in [0.717, 1.165) is 19.2 Å². The number of nitrogens with one attached hydrogen (secondary N) is 1. The summed E-state index contributed by atoms with van der Waals surface area (Å²) in [6.07, 6.45) is 4.99. The molecule has 0 aliphatic rings. The first kappa shape index (κ1) is 16.4. The molecule has 1 rings (SSSR count). The Hall–Kier alpha value is -1.70. The minimum Gasteiger partial charge on any atom is -0.369 e. The van der Waals surface area contributed by atoms with Gasteiger partial charge in [-0.2, -0.15) is 0 Å².